The lowest BCUT2D eigenvalue weighted by Gasteiger charge is -2.29. The molecule has 1 aliphatic heterocycles. The maximum atomic E-state index is 14.1. The molecule has 40 heavy (non-hydrogen) atoms. The van der Waals surface area contributed by atoms with Crippen LogP contribution in [0.5, 0.6) is 5.75 Å². The van der Waals surface area contributed by atoms with Crippen molar-refractivity contribution in [1.82, 2.24) is 29.3 Å². The number of aromatic nitrogens is 6. The summed E-state index contributed by atoms with van der Waals surface area (Å²) in [5, 5.41) is 8.21. The Kier molecular flexibility index (Phi) is 7.32. The van der Waals surface area contributed by atoms with Gasteiger partial charge in [-0.1, -0.05) is 18.2 Å². The van der Waals surface area contributed by atoms with Crippen molar-refractivity contribution >= 4 is 21.6 Å². The first-order valence-corrected chi connectivity index (χ1v) is 13.7. The van der Waals surface area contributed by atoms with Crippen LogP contribution in [0.4, 0.5) is 0 Å². The molecule has 6 rings (SSSR count). The van der Waals surface area contributed by atoms with Gasteiger partial charge in [-0.05, 0) is 31.4 Å². The zero-order valence-corrected chi connectivity index (χ0v) is 22.8. The molecular formula is C27H28N6O6S. The van der Waals surface area contributed by atoms with Crippen LogP contribution in [0.15, 0.2) is 57.1 Å². The molecule has 1 aliphatic rings. The molecule has 0 spiro atoms. The summed E-state index contributed by atoms with van der Waals surface area (Å²) < 4.78 is 26.2. The Morgan fingerprint density at radius 1 is 1.20 bits per heavy atom. The van der Waals surface area contributed by atoms with E-state index in [9.17, 15) is 9.59 Å². The minimum Gasteiger partial charge on any atom is -0.496 e. The predicted molar refractivity (Wildman–Crippen MR) is 147 cm³/mol. The Morgan fingerprint density at radius 3 is 2.75 bits per heavy atom. The quantitative estimate of drug-likeness (QED) is 0.286. The lowest BCUT2D eigenvalue weighted by atomic mass is 10.1. The molecule has 0 radical (unpaired) electrons. The summed E-state index contributed by atoms with van der Waals surface area (Å²) in [7, 11) is 1.61. The smallest absolute Gasteiger partial charge is 0.332 e. The fraction of sp³-hybridized carbons (Fsp3) is 0.370. The van der Waals surface area contributed by atoms with E-state index in [2.05, 4.69) is 20.2 Å². The number of thiophene rings is 1. The number of oxazole rings is 1. The fourth-order valence-corrected chi connectivity index (χ4v) is 6.29. The second-order valence-corrected chi connectivity index (χ2v) is 10.5. The molecule has 12 nitrogen and oxygen atoms in total. The van der Waals surface area contributed by atoms with Crippen molar-refractivity contribution in [2.75, 3.05) is 20.3 Å². The summed E-state index contributed by atoms with van der Waals surface area (Å²) >= 11 is 1.30. The van der Waals surface area contributed by atoms with Gasteiger partial charge < -0.3 is 23.6 Å². The highest BCUT2D eigenvalue weighted by Gasteiger charge is 2.28. The van der Waals surface area contributed by atoms with Gasteiger partial charge in [-0.3, -0.25) is 13.9 Å². The summed E-state index contributed by atoms with van der Waals surface area (Å²) in [5.74, 6) is 1.44. The summed E-state index contributed by atoms with van der Waals surface area (Å²) in [6.45, 7) is 3.15. The monoisotopic (exact) mass is 564 g/mol. The number of hydrogen-bond donors (Lipinski definition) is 1. The van der Waals surface area contributed by atoms with E-state index in [-0.39, 0.29) is 19.2 Å². The number of rotatable bonds is 9. The number of aromatic amines is 1. The SMILES string of the molecule is COc1ccccc1[C@H](Cn1c(=O)n(Cc2nnc[nH]2)c(=O)c2c(C)c(-c3ncco3)sc21)OC1CCOCC1. The number of nitrogens with zero attached hydrogens (tertiary/aromatic N) is 5. The molecule has 1 atom stereocenters. The van der Waals surface area contributed by atoms with Gasteiger partial charge in [-0.15, -0.1) is 21.5 Å². The molecule has 1 saturated heterocycles. The van der Waals surface area contributed by atoms with Gasteiger partial charge in [-0.25, -0.2) is 9.78 Å². The molecule has 4 aromatic heterocycles. The summed E-state index contributed by atoms with van der Waals surface area (Å²) in [6.07, 6.45) is 5.34. The first-order chi connectivity index (χ1) is 19.5. The largest absolute Gasteiger partial charge is 0.496 e. The topological polar surface area (TPSA) is 139 Å². The van der Waals surface area contributed by atoms with Gasteiger partial charge in [0, 0.05) is 18.8 Å². The van der Waals surface area contributed by atoms with Crippen molar-refractivity contribution in [2.45, 2.75) is 45.1 Å². The number of para-hydroxylation sites is 1. The van der Waals surface area contributed by atoms with E-state index in [1.54, 1.807) is 17.9 Å². The van der Waals surface area contributed by atoms with E-state index < -0.39 is 17.4 Å². The maximum Gasteiger partial charge on any atom is 0.332 e. The number of hydrogen-bond acceptors (Lipinski definition) is 10. The summed E-state index contributed by atoms with van der Waals surface area (Å²) in [5.41, 5.74) is 0.598. The van der Waals surface area contributed by atoms with Gasteiger partial charge >= 0.3 is 5.69 Å². The highest BCUT2D eigenvalue weighted by Crippen LogP contribution is 2.37. The van der Waals surface area contributed by atoms with Gasteiger partial charge in [0.1, 0.15) is 35.1 Å². The lowest BCUT2D eigenvalue weighted by Crippen LogP contribution is -2.41. The van der Waals surface area contributed by atoms with Crippen LogP contribution < -0.4 is 16.0 Å². The Bertz CT molecular complexity index is 1720. The minimum absolute atomic E-state index is 0.0529. The van der Waals surface area contributed by atoms with Crippen molar-refractivity contribution in [3.63, 3.8) is 0 Å². The molecule has 0 bridgehead atoms. The molecule has 1 aromatic carbocycles. The second-order valence-electron chi connectivity index (χ2n) is 9.47. The lowest BCUT2D eigenvalue weighted by molar-refractivity contribution is -0.0753. The van der Waals surface area contributed by atoms with E-state index >= 15 is 0 Å². The van der Waals surface area contributed by atoms with Crippen LogP contribution >= 0.6 is 11.3 Å². The first-order valence-electron chi connectivity index (χ1n) is 12.9. The van der Waals surface area contributed by atoms with E-state index in [0.717, 1.165) is 18.4 Å². The van der Waals surface area contributed by atoms with Crippen LogP contribution in [0.1, 0.15) is 35.9 Å². The van der Waals surface area contributed by atoms with Crippen molar-refractivity contribution in [1.29, 1.82) is 0 Å². The van der Waals surface area contributed by atoms with E-state index in [1.165, 1.54) is 28.5 Å². The number of benzene rings is 1. The van der Waals surface area contributed by atoms with Crippen LogP contribution in [0.3, 0.4) is 0 Å². The molecule has 208 valence electrons. The molecule has 1 N–H and O–H groups in total. The molecular weight excluding hydrogens is 536 g/mol. The molecule has 13 heteroatoms. The van der Waals surface area contributed by atoms with Crippen LogP contribution in [0, 0.1) is 6.92 Å². The molecule has 0 amide bonds. The van der Waals surface area contributed by atoms with E-state index in [4.69, 9.17) is 18.6 Å². The Balaban J connectivity index is 1.53. The highest BCUT2D eigenvalue weighted by atomic mass is 32.1. The van der Waals surface area contributed by atoms with Gasteiger partial charge in [0.25, 0.3) is 5.56 Å². The number of nitrogens with one attached hydrogen (secondary N) is 1. The maximum absolute atomic E-state index is 14.1. The standard InChI is InChI=1S/C27H28N6O6S/c1-16-22-25(34)32(14-21-29-15-30-31-21)27(35)33(26(22)40-23(16)24-28-9-12-38-24)13-20(39-17-7-10-37-11-8-17)18-5-3-4-6-19(18)36-2/h3-6,9,12,15,17,20H,7-8,10-11,13-14H2,1-2H3,(H,29,30,31)/t20-/m0/s1. The molecule has 1 fully saturated rings. The third kappa shape index (κ3) is 4.87. The number of aryl methyl sites for hydroxylation is 1. The van der Waals surface area contributed by atoms with Crippen LogP contribution in [0.2, 0.25) is 0 Å². The second kappa shape index (κ2) is 11.2. The first kappa shape index (κ1) is 26.2. The average Bonchev–Trinajstić information content (AvgIpc) is 3.75. The van der Waals surface area contributed by atoms with Crippen molar-refractivity contribution in [3.8, 4) is 16.5 Å². The predicted octanol–water partition coefficient (Wildman–Crippen LogP) is 3.30. The van der Waals surface area contributed by atoms with Crippen molar-refractivity contribution < 1.29 is 18.6 Å². The zero-order valence-electron chi connectivity index (χ0n) is 22.0. The third-order valence-corrected chi connectivity index (χ3v) is 8.36. The Morgan fingerprint density at radius 2 is 2.02 bits per heavy atom. The number of fused-ring (bicyclic) bond motifs is 1. The number of ether oxygens (including phenoxy) is 3. The molecule has 0 aliphatic carbocycles. The third-order valence-electron chi connectivity index (χ3n) is 7.06. The van der Waals surface area contributed by atoms with Gasteiger partial charge in [-0.2, -0.15) is 0 Å². The average molecular weight is 565 g/mol. The normalized spacial score (nSPS) is 15.1. The van der Waals surface area contributed by atoms with Crippen LogP contribution in [0.25, 0.3) is 21.0 Å². The van der Waals surface area contributed by atoms with Crippen LogP contribution in [-0.2, 0) is 22.6 Å². The molecule has 5 heterocycles. The Labute approximate surface area is 232 Å². The van der Waals surface area contributed by atoms with Crippen LogP contribution in [-0.4, -0.2) is 55.7 Å². The number of methoxy groups -OCH3 is 1. The van der Waals surface area contributed by atoms with E-state index in [0.29, 0.717) is 51.3 Å². The zero-order chi connectivity index (χ0) is 27.6. The van der Waals surface area contributed by atoms with Gasteiger partial charge in [0.2, 0.25) is 5.89 Å². The van der Waals surface area contributed by atoms with Crippen molar-refractivity contribution in [2.24, 2.45) is 0 Å². The Hall–Kier alpha value is -4.07. The van der Waals surface area contributed by atoms with Crippen molar-refractivity contribution in [3.05, 3.63) is 80.8 Å². The van der Waals surface area contributed by atoms with E-state index in [1.807, 2.05) is 31.2 Å². The van der Waals surface area contributed by atoms with Gasteiger partial charge in [0.05, 0.1) is 42.8 Å². The molecule has 5 aromatic rings. The minimum atomic E-state index is -0.538. The fourth-order valence-electron chi connectivity index (χ4n) is 5.05. The number of H-pyrrole nitrogens is 1. The summed E-state index contributed by atoms with van der Waals surface area (Å²) in [6, 6.07) is 7.61. The molecule has 0 saturated carbocycles. The highest BCUT2D eigenvalue weighted by molar-refractivity contribution is 7.22. The van der Waals surface area contributed by atoms with Gasteiger partial charge in [0.15, 0.2) is 0 Å². The molecule has 0 unspecified atom stereocenters. The summed E-state index contributed by atoms with van der Waals surface area (Å²) in [4.78, 5) is 36.2.